The summed E-state index contributed by atoms with van der Waals surface area (Å²) in [5, 5.41) is 21.0. The van der Waals surface area contributed by atoms with Crippen LogP contribution in [0, 0.1) is 0 Å². The molecule has 1 aromatic heterocycles. The third-order valence-corrected chi connectivity index (χ3v) is 4.91. The molecule has 1 aliphatic heterocycles. The lowest BCUT2D eigenvalue weighted by molar-refractivity contribution is -0.134. The molecule has 1 atom stereocenters. The highest BCUT2D eigenvalue weighted by atomic mass is 16.3. The Labute approximate surface area is 128 Å². The maximum absolute atomic E-state index is 13.0. The highest BCUT2D eigenvalue weighted by molar-refractivity contribution is 5.91. The van der Waals surface area contributed by atoms with Crippen LogP contribution in [0.5, 0.6) is 0 Å². The molecule has 4 rings (SSSR count). The van der Waals surface area contributed by atoms with Gasteiger partial charge in [-0.25, -0.2) is 0 Å². The number of amides is 1. The Hall–Kier alpha value is -2.21. The summed E-state index contributed by atoms with van der Waals surface area (Å²) in [6.45, 7) is 0.837. The van der Waals surface area contributed by atoms with Gasteiger partial charge in [0.15, 0.2) is 0 Å². The minimum Gasteiger partial charge on any atom is -0.381 e. The van der Waals surface area contributed by atoms with Gasteiger partial charge < -0.3 is 10.0 Å². The van der Waals surface area contributed by atoms with Crippen molar-refractivity contribution in [2.75, 3.05) is 13.1 Å². The van der Waals surface area contributed by atoms with E-state index in [-0.39, 0.29) is 17.9 Å². The molecule has 114 valence electrons. The monoisotopic (exact) mass is 298 g/mol. The predicted molar refractivity (Wildman–Crippen MR) is 78.8 cm³/mol. The zero-order valence-electron chi connectivity index (χ0n) is 12.2. The number of hydrogen-bond donors (Lipinski definition) is 2. The summed E-state index contributed by atoms with van der Waals surface area (Å²) >= 11 is 0. The number of H-pyrrole nitrogens is 1. The van der Waals surface area contributed by atoms with E-state index in [2.05, 4.69) is 15.4 Å². The fourth-order valence-corrected chi connectivity index (χ4v) is 3.41. The van der Waals surface area contributed by atoms with Crippen molar-refractivity contribution in [3.63, 3.8) is 0 Å². The van der Waals surface area contributed by atoms with Gasteiger partial charge in [-0.3, -0.25) is 4.79 Å². The molecule has 0 radical (unpaired) electrons. The van der Waals surface area contributed by atoms with Crippen molar-refractivity contribution in [2.45, 2.75) is 30.3 Å². The van der Waals surface area contributed by atoms with Gasteiger partial charge in [0, 0.05) is 13.0 Å². The summed E-state index contributed by atoms with van der Waals surface area (Å²) in [5.41, 5.74) is 0.121. The van der Waals surface area contributed by atoms with Gasteiger partial charge >= 0.3 is 0 Å². The van der Waals surface area contributed by atoms with Gasteiger partial charge in [-0.2, -0.15) is 15.4 Å². The quantitative estimate of drug-likeness (QED) is 0.884. The number of β-amino-alcohol motifs (C(OH)–C–C–N with tert-alkyl or cyclic N) is 1. The van der Waals surface area contributed by atoms with Crippen LogP contribution >= 0.6 is 0 Å². The first-order valence-corrected chi connectivity index (χ1v) is 7.58. The van der Waals surface area contributed by atoms with Crippen LogP contribution in [0.4, 0.5) is 0 Å². The number of likely N-dealkylation sites (tertiary alicyclic amines) is 1. The maximum Gasteiger partial charge on any atom is 0.233 e. The third kappa shape index (κ3) is 1.94. The maximum atomic E-state index is 13.0. The van der Waals surface area contributed by atoms with Crippen LogP contribution in [0.15, 0.2) is 36.5 Å². The van der Waals surface area contributed by atoms with E-state index in [1.165, 1.54) is 6.20 Å². The van der Waals surface area contributed by atoms with E-state index in [1.807, 2.05) is 30.3 Å². The number of aromatic amines is 1. The van der Waals surface area contributed by atoms with Gasteiger partial charge in [-0.05, 0) is 18.4 Å². The molecule has 6 heteroatoms. The summed E-state index contributed by atoms with van der Waals surface area (Å²) in [6, 6.07) is 9.94. The molecule has 6 nitrogen and oxygen atoms in total. The topological polar surface area (TPSA) is 82.1 Å². The molecule has 1 saturated carbocycles. The van der Waals surface area contributed by atoms with Crippen molar-refractivity contribution < 1.29 is 9.90 Å². The zero-order chi connectivity index (χ0) is 15.2. The number of carbonyl (C=O) groups is 1. The molecule has 1 saturated heterocycles. The molecular weight excluding hydrogens is 280 g/mol. The van der Waals surface area contributed by atoms with Crippen molar-refractivity contribution in [1.29, 1.82) is 0 Å². The molecule has 0 unspecified atom stereocenters. The second-order valence-electron chi connectivity index (χ2n) is 6.31. The second-order valence-corrected chi connectivity index (χ2v) is 6.31. The van der Waals surface area contributed by atoms with E-state index in [4.69, 9.17) is 0 Å². The second kappa shape index (κ2) is 4.64. The Morgan fingerprint density at radius 2 is 2.00 bits per heavy atom. The van der Waals surface area contributed by atoms with Gasteiger partial charge in [0.05, 0.1) is 18.2 Å². The summed E-state index contributed by atoms with van der Waals surface area (Å²) in [6.07, 6.45) is 3.79. The molecule has 0 bridgehead atoms. The lowest BCUT2D eigenvalue weighted by Gasteiger charge is -2.25. The third-order valence-electron chi connectivity index (χ3n) is 4.91. The summed E-state index contributed by atoms with van der Waals surface area (Å²) in [7, 11) is 0. The smallest absolute Gasteiger partial charge is 0.233 e. The Morgan fingerprint density at radius 3 is 2.64 bits per heavy atom. The molecule has 22 heavy (non-hydrogen) atoms. The Bertz CT molecular complexity index is 681. The van der Waals surface area contributed by atoms with Crippen LogP contribution in [0.3, 0.4) is 0 Å². The molecule has 2 N–H and O–H groups in total. The van der Waals surface area contributed by atoms with Crippen molar-refractivity contribution in [2.24, 2.45) is 0 Å². The van der Waals surface area contributed by atoms with Crippen LogP contribution < -0.4 is 0 Å². The van der Waals surface area contributed by atoms with Crippen molar-refractivity contribution in [1.82, 2.24) is 20.3 Å². The zero-order valence-corrected chi connectivity index (χ0v) is 12.2. The van der Waals surface area contributed by atoms with Crippen LogP contribution in [-0.4, -0.2) is 44.4 Å². The van der Waals surface area contributed by atoms with Gasteiger partial charge in [0.2, 0.25) is 5.91 Å². The molecule has 2 heterocycles. The first kappa shape index (κ1) is 13.5. The normalized spacial score (nSPS) is 26.1. The molecule has 1 aromatic carbocycles. The summed E-state index contributed by atoms with van der Waals surface area (Å²) in [4.78, 5) is 14.7. The van der Waals surface area contributed by atoms with Crippen molar-refractivity contribution in [3.05, 3.63) is 47.8 Å². The van der Waals surface area contributed by atoms with Crippen LogP contribution in [0.1, 0.15) is 30.5 Å². The number of nitrogens with zero attached hydrogens (tertiary/aromatic N) is 3. The van der Waals surface area contributed by atoms with E-state index in [1.54, 1.807) is 4.90 Å². The Morgan fingerprint density at radius 1 is 1.23 bits per heavy atom. The lowest BCUT2D eigenvalue weighted by Crippen LogP contribution is -2.40. The van der Waals surface area contributed by atoms with E-state index >= 15 is 0 Å². The van der Waals surface area contributed by atoms with Gasteiger partial charge in [-0.15, -0.1) is 0 Å². The summed E-state index contributed by atoms with van der Waals surface area (Å²) in [5.74, 6) is 0.123. The number of benzene rings is 1. The minimum absolute atomic E-state index is 0.123. The Balaban J connectivity index is 1.56. The predicted octanol–water partition coefficient (Wildman–Crippen LogP) is 0.956. The highest BCUT2D eigenvalue weighted by Gasteiger charge is 2.55. The van der Waals surface area contributed by atoms with Crippen molar-refractivity contribution >= 4 is 5.91 Å². The lowest BCUT2D eigenvalue weighted by atomic mass is 9.94. The molecule has 1 amide bonds. The number of rotatable bonds is 3. The number of aromatic nitrogens is 3. The SMILES string of the molecule is O=C(N1CC[C@@](O)(c2cn[nH]n2)C1)C1(c2ccccc2)CC1. The molecular formula is C16H18N4O2. The molecule has 2 aliphatic rings. The number of nitrogens with one attached hydrogen (secondary N) is 1. The largest absolute Gasteiger partial charge is 0.381 e. The van der Waals surface area contributed by atoms with E-state index in [0.29, 0.717) is 18.7 Å². The summed E-state index contributed by atoms with van der Waals surface area (Å²) < 4.78 is 0. The first-order valence-electron chi connectivity index (χ1n) is 7.58. The molecule has 2 aromatic rings. The molecule has 0 spiro atoms. The fourth-order valence-electron chi connectivity index (χ4n) is 3.41. The van der Waals surface area contributed by atoms with Crippen LogP contribution in [0.25, 0.3) is 0 Å². The van der Waals surface area contributed by atoms with Crippen LogP contribution in [-0.2, 0) is 15.8 Å². The molecule has 1 aliphatic carbocycles. The number of aliphatic hydroxyl groups is 1. The van der Waals surface area contributed by atoms with Gasteiger partial charge in [-0.1, -0.05) is 30.3 Å². The minimum atomic E-state index is -1.09. The van der Waals surface area contributed by atoms with Crippen molar-refractivity contribution in [3.8, 4) is 0 Å². The van der Waals surface area contributed by atoms with Crippen LogP contribution in [0.2, 0.25) is 0 Å². The van der Waals surface area contributed by atoms with E-state index in [9.17, 15) is 9.90 Å². The highest BCUT2D eigenvalue weighted by Crippen LogP contribution is 2.50. The van der Waals surface area contributed by atoms with Gasteiger partial charge in [0.25, 0.3) is 0 Å². The van der Waals surface area contributed by atoms with E-state index < -0.39 is 5.60 Å². The average Bonchev–Trinajstić information content (AvgIpc) is 2.98. The molecule has 2 fully saturated rings. The number of hydrogen-bond acceptors (Lipinski definition) is 4. The average molecular weight is 298 g/mol. The first-order chi connectivity index (χ1) is 10.6. The van der Waals surface area contributed by atoms with Gasteiger partial charge in [0.1, 0.15) is 11.3 Å². The van der Waals surface area contributed by atoms with E-state index in [0.717, 1.165) is 18.4 Å². The number of carbonyl (C=O) groups excluding carboxylic acids is 1. The Kier molecular flexibility index (Phi) is 2.84. The fraction of sp³-hybridized carbons (Fsp3) is 0.438. The standard InChI is InChI=1S/C16H18N4O2/c21-14(15(6-7-15)12-4-2-1-3-5-12)20-9-8-16(22,11-20)13-10-17-19-18-13/h1-5,10,22H,6-9,11H2,(H,17,18,19)/t16-/m0/s1.